The van der Waals surface area contributed by atoms with Crippen LogP contribution in [-0.4, -0.2) is 61.4 Å². The molecule has 5 rings (SSSR count). The van der Waals surface area contributed by atoms with Crippen molar-refractivity contribution in [1.82, 2.24) is 9.88 Å². The predicted octanol–water partition coefficient (Wildman–Crippen LogP) is 4.23. The second-order valence-electron chi connectivity index (χ2n) is 8.83. The van der Waals surface area contributed by atoms with Crippen LogP contribution in [0.25, 0.3) is 5.57 Å². The average molecular weight is 473 g/mol. The molecule has 1 saturated heterocycles. The second kappa shape index (κ2) is 8.94. The van der Waals surface area contributed by atoms with Crippen LogP contribution in [0, 0.1) is 0 Å². The number of carbonyl (C=O) groups is 1. The first-order chi connectivity index (χ1) is 16.3. The number of morpholine rings is 1. The van der Waals surface area contributed by atoms with Crippen molar-refractivity contribution in [2.75, 3.05) is 38.7 Å². The van der Waals surface area contributed by atoms with E-state index in [4.69, 9.17) is 9.47 Å². The number of nitrogens with one attached hydrogen (secondary N) is 1. The number of nitrogens with zero attached hydrogens (tertiary/aromatic N) is 2. The van der Waals surface area contributed by atoms with Crippen molar-refractivity contribution in [2.24, 2.45) is 0 Å². The van der Waals surface area contributed by atoms with E-state index in [9.17, 15) is 18.0 Å². The molecule has 2 heterocycles. The van der Waals surface area contributed by atoms with Gasteiger partial charge in [-0.15, -0.1) is 0 Å². The van der Waals surface area contributed by atoms with Gasteiger partial charge in [-0.1, -0.05) is 12.1 Å². The number of aromatic nitrogens is 1. The van der Waals surface area contributed by atoms with Crippen molar-refractivity contribution in [3.63, 3.8) is 0 Å². The lowest BCUT2D eigenvalue weighted by Crippen LogP contribution is -2.40. The lowest BCUT2D eigenvalue weighted by atomic mass is 10.0. The third kappa shape index (κ3) is 4.61. The lowest BCUT2D eigenvalue weighted by Gasteiger charge is -2.27. The van der Waals surface area contributed by atoms with Crippen molar-refractivity contribution in [1.29, 1.82) is 0 Å². The van der Waals surface area contributed by atoms with Gasteiger partial charge >= 0.3 is 6.18 Å². The molecular formula is C25H26F3N3O3. The molecule has 1 aromatic carbocycles. The summed E-state index contributed by atoms with van der Waals surface area (Å²) in [6, 6.07) is 7.22. The van der Waals surface area contributed by atoms with Crippen molar-refractivity contribution in [3.05, 3.63) is 58.4 Å². The number of fused-ring (bicyclic) bond motifs is 1. The fraction of sp³-hybridized carbons (Fsp3) is 0.440. The van der Waals surface area contributed by atoms with E-state index in [1.807, 2.05) is 6.07 Å². The van der Waals surface area contributed by atoms with E-state index in [-0.39, 0.29) is 23.9 Å². The molecule has 9 heteroatoms. The van der Waals surface area contributed by atoms with E-state index in [2.05, 4.69) is 10.3 Å². The maximum absolute atomic E-state index is 13.6. The summed E-state index contributed by atoms with van der Waals surface area (Å²) >= 11 is 0. The first-order valence-corrected chi connectivity index (χ1v) is 11.4. The first-order valence-electron chi connectivity index (χ1n) is 11.4. The summed E-state index contributed by atoms with van der Waals surface area (Å²) in [5.41, 5.74) is 2.47. The number of ether oxygens (including phenoxy) is 2. The Bertz CT molecular complexity index is 1140. The van der Waals surface area contributed by atoms with E-state index >= 15 is 0 Å². The van der Waals surface area contributed by atoms with Crippen molar-refractivity contribution >= 4 is 17.2 Å². The summed E-state index contributed by atoms with van der Waals surface area (Å²) in [5.74, 6) is 0.470. The van der Waals surface area contributed by atoms with Crippen molar-refractivity contribution in [3.8, 4) is 5.75 Å². The Morgan fingerprint density at radius 3 is 2.68 bits per heavy atom. The molecule has 1 amide bonds. The normalized spacial score (nSPS) is 17.9. The van der Waals surface area contributed by atoms with Gasteiger partial charge < -0.3 is 19.7 Å². The Labute approximate surface area is 195 Å². The third-order valence-corrected chi connectivity index (χ3v) is 6.36. The fourth-order valence-corrected chi connectivity index (χ4v) is 4.48. The number of hydrogen-bond acceptors (Lipinski definition) is 5. The average Bonchev–Trinajstić information content (AvgIpc) is 3.53. The quantitative estimate of drug-likeness (QED) is 0.681. The van der Waals surface area contributed by atoms with Crippen LogP contribution in [0.15, 0.2) is 30.3 Å². The smallest absolute Gasteiger partial charge is 0.416 e. The maximum Gasteiger partial charge on any atom is 0.416 e. The Hall–Kier alpha value is -3.07. The number of halogens is 3. The van der Waals surface area contributed by atoms with E-state index < -0.39 is 11.7 Å². The van der Waals surface area contributed by atoms with Crippen LogP contribution >= 0.6 is 0 Å². The number of amides is 1. The fourth-order valence-electron chi connectivity index (χ4n) is 4.48. The molecule has 0 bridgehead atoms. The van der Waals surface area contributed by atoms with Crippen molar-refractivity contribution < 1.29 is 27.4 Å². The number of anilines is 1. The van der Waals surface area contributed by atoms with Gasteiger partial charge in [0.2, 0.25) is 0 Å². The summed E-state index contributed by atoms with van der Waals surface area (Å²) in [7, 11) is 1.54. The highest BCUT2D eigenvalue weighted by Crippen LogP contribution is 2.44. The van der Waals surface area contributed by atoms with Crippen LogP contribution in [0.3, 0.4) is 0 Å². The van der Waals surface area contributed by atoms with Gasteiger partial charge in [-0.25, -0.2) is 0 Å². The number of alkyl halides is 3. The molecule has 1 aliphatic heterocycles. The van der Waals surface area contributed by atoms with Gasteiger partial charge in [0.15, 0.2) is 0 Å². The summed E-state index contributed by atoms with van der Waals surface area (Å²) in [6.45, 7) is 2.14. The number of benzene rings is 1. The molecule has 34 heavy (non-hydrogen) atoms. The van der Waals surface area contributed by atoms with Crippen LogP contribution in [0.1, 0.15) is 45.7 Å². The molecule has 2 fully saturated rings. The molecule has 180 valence electrons. The topological polar surface area (TPSA) is 63.7 Å². The molecule has 0 spiro atoms. The molecule has 1 N–H and O–H groups in total. The molecular weight excluding hydrogens is 447 g/mol. The van der Waals surface area contributed by atoms with Crippen LogP contribution in [0.4, 0.5) is 18.9 Å². The predicted molar refractivity (Wildman–Crippen MR) is 121 cm³/mol. The number of rotatable bonds is 6. The molecule has 3 aliphatic rings. The SMILES string of the molecule is COc1cc(C(=O)N2CCOCC2)ccc1Cc1cc(NC2CC2)c2c(n1)CC=C2C(F)(F)F. The molecule has 0 radical (unpaired) electrons. The Kier molecular flexibility index (Phi) is 5.97. The van der Waals surface area contributed by atoms with Crippen molar-refractivity contribution in [2.45, 2.75) is 37.9 Å². The van der Waals surface area contributed by atoms with Gasteiger partial charge in [-0.3, -0.25) is 9.78 Å². The Morgan fingerprint density at radius 2 is 2.00 bits per heavy atom. The number of carbonyl (C=O) groups excluding carboxylic acids is 1. The van der Waals surface area contributed by atoms with Gasteiger partial charge in [0.05, 0.1) is 31.6 Å². The summed E-state index contributed by atoms with van der Waals surface area (Å²) in [5, 5.41) is 3.26. The van der Waals surface area contributed by atoms with Gasteiger partial charge in [0, 0.05) is 60.0 Å². The second-order valence-corrected chi connectivity index (χ2v) is 8.83. The Morgan fingerprint density at radius 1 is 1.24 bits per heavy atom. The Balaban J connectivity index is 1.42. The molecule has 0 atom stereocenters. The minimum atomic E-state index is -4.42. The monoisotopic (exact) mass is 473 g/mol. The van der Waals surface area contributed by atoms with E-state index in [1.54, 1.807) is 23.1 Å². The largest absolute Gasteiger partial charge is 0.496 e. The van der Waals surface area contributed by atoms with Crippen LogP contribution < -0.4 is 10.1 Å². The summed E-state index contributed by atoms with van der Waals surface area (Å²) in [6.07, 6.45) is -0.773. The highest BCUT2D eigenvalue weighted by molar-refractivity contribution is 5.95. The number of pyridine rings is 1. The van der Waals surface area contributed by atoms with E-state index in [1.165, 1.54) is 13.2 Å². The third-order valence-electron chi connectivity index (χ3n) is 6.36. The van der Waals surface area contributed by atoms with Gasteiger partial charge in [0.25, 0.3) is 5.91 Å². The molecule has 6 nitrogen and oxygen atoms in total. The first kappa shape index (κ1) is 22.7. The highest BCUT2D eigenvalue weighted by Gasteiger charge is 2.40. The van der Waals surface area contributed by atoms with Gasteiger partial charge in [-0.05, 0) is 31.0 Å². The zero-order valence-corrected chi connectivity index (χ0v) is 18.9. The van der Waals surface area contributed by atoms with E-state index in [0.717, 1.165) is 18.4 Å². The minimum absolute atomic E-state index is 0.0783. The molecule has 2 aliphatic carbocycles. The van der Waals surface area contributed by atoms with Crippen LogP contribution in [0.5, 0.6) is 5.75 Å². The minimum Gasteiger partial charge on any atom is -0.496 e. The summed E-state index contributed by atoms with van der Waals surface area (Å²) in [4.78, 5) is 19.1. The number of allylic oxidation sites excluding steroid dienone is 2. The lowest BCUT2D eigenvalue weighted by molar-refractivity contribution is -0.0687. The number of hydrogen-bond donors (Lipinski definition) is 1. The van der Waals surface area contributed by atoms with Gasteiger partial charge in [-0.2, -0.15) is 13.2 Å². The highest BCUT2D eigenvalue weighted by atomic mass is 19.4. The molecule has 2 aromatic rings. The zero-order valence-electron chi connectivity index (χ0n) is 18.9. The zero-order chi connectivity index (χ0) is 23.9. The van der Waals surface area contributed by atoms with Crippen LogP contribution in [-0.2, 0) is 17.6 Å². The standard InChI is InChI=1S/C25H26F3N3O3/c1-33-22-13-16(24(32)31-8-10-34-11-9-31)3-2-15(22)12-18-14-21(29-17-4-5-17)23-19(25(26,27)28)6-7-20(23)30-18/h2-3,6,13-14,17H,4-5,7-12H2,1H3,(H,29,30). The van der Waals surface area contributed by atoms with Crippen LogP contribution in [0.2, 0.25) is 0 Å². The maximum atomic E-state index is 13.6. The molecule has 0 unspecified atom stereocenters. The van der Waals surface area contributed by atoms with Gasteiger partial charge in [0.1, 0.15) is 5.75 Å². The molecule has 1 aromatic heterocycles. The van der Waals surface area contributed by atoms with E-state index in [0.29, 0.717) is 61.1 Å². The molecule has 1 saturated carbocycles. The summed E-state index contributed by atoms with van der Waals surface area (Å²) < 4.78 is 51.6. The number of methoxy groups -OCH3 is 1.